The summed E-state index contributed by atoms with van der Waals surface area (Å²) in [6.07, 6.45) is 1.72. The molecule has 2 aromatic carbocycles. The van der Waals surface area contributed by atoms with Crippen molar-refractivity contribution in [2.45, 2.75) is 32.9 Å². The Bertz CT molecular complexity index is 1020. The van der Waals surface area contributed by atoms with E-state index in [2.05, 4.69) is 0 Å². The van der Waals surface area contributed by atoms with E-state index >= 15 is 0 Å². The molecule has 3 rings (SSSR count). The number of rotatable bonds is 6. The number of unbranched alkanes of at least 4 members (excludes halogenated alkanes) is 1. The van der Waals surface area contributed by atoms with Gasteiger partial charge in [-0.25, -0.2) is 0 Å². The average Bonchev–Trinajstić information content (AvgIpc) is 3.14. The molecule has 0 fully saturated rings. The van der Waals surface area contributed by atoms with Gasteiger partial charge in [0.25, 0.3) is 11.8 Å². The Morgan fingerprint density at radius 2 is 1.70 bits per heavy atom. The number of phenolic OH excluding ortho intramolecular Hbond substituents is 2. The molecule has 0 spiro atoms. The van der Waals surface area contributed by atoms with Crippen molar-refractivity contribution in [3.63, 3.8) is 0 Å². The summed E-state index contributed by atoms with van der Waals surface area (Å²) in [5.74, 6) is -2.23. The van der Waals surface area contributed by atoms with Crippen molar-refractivity contribution in [3.05, 3.63) is 58.1 Å². The molecule has 0 aromatic heterocycles. The molecule has 1 heterocycles. The van der Waals surface area contributed by atoms with Crippen molar-refractivity contribution >= 4 is 17.7 Å². The van der Waals surface area contributed by atoms with Gasteiger partial charge in [-0.15, -0.1) is 0 Å². The van der Waals surface area contributed by atoms with Gasteiger partial charge < -0.3 is 25.7 Å². The average molecular weight is 411 g/mol. The molecule has 30 heavy (non-hydrogen) atoms. The summed E-state index contributed by atoms with van der Waals surface area (Å²) in [6, 6.07) is 7.25. The lowest BCUT2D eigenvalue weighted by atomic mass is 10.1. The van der Waals surface area contributed by atoms with Crippen LogP contribution in [0.2, 0.25) is 0 Å². The number of phenols is 2. The molecule has 0 unspecified atom stereocenters. The van der Waals surface area contributed by atoms with Crippen LogP contribution in [0.4, 0.5) is 0 Å². The first-order valence-corrected chi connectivity index (χ1v) is 9.75. The largest absolute Gasteiger partial charge is 0.507 e. The summed E-state index contributed by atoms with van der Waals surface area (Å²) in [6.45, 7) is 3.07. The number of carbonyl (C=O) groups excluding carboxylic acids is 3. The first kappa shape index (κ1) is 21.2. The maximum absolute atomic E-state index is 13.1. The Hall–Kier alpha value is -3.55. The third-order valence-electron chi connectivity index (χ3n) is 5.27. The third-order valence-corrected chi connectivity index (χ3v) is 5.27. The summed E-state index contributed by atoms with van der Waals surface area (Å²) in [5.41, 5.74) is 7.25. The second kappa shape index (κ2) is 8.44. The number of primary amides is 1. The van der Waals surface area contributed by atoms with Crippen molar-refractivity contribution in [2.24, 2.45) is 5.73 Å². The Morgan fingerprint density at radius 3 is 2.37 bits per heavy atom. The highest BCUT2D eigenvalue weighted by molar-refractivity contribution is 6.03. The quantitative estimate of drug-likeness (QED) is 0.672. The van der Waals surface area contributed by atoms with Gasteiger partial charge in [0.1, 0.15) is 11.5 Å². The lowest BCUT2D eigenvalue weighted by Gasteiger charge is -2.20. The summed E-state index contributed by atoms with van der Waals surface area (Å²) in [4.78, 5) is 40.1. The van der Waals surface area contributed by atoms with Crippen LogP contribution in [0.1, 0.15) is 62.0 Å². The topological polar surface area (TPSA) is 124 Å². The molecule has 8 heteroatoms. The number of fused-ring (bicyclic) bond motifs is 1. The van der Waals surface area contributed by atoms with Gasteiger partial charge in [0, 0.05) is 38.3 Å². The fourth-order valence-corrected chi connectivity index (χ4v) is 3.48. The predicted molar refractivity (Wildman–Crippen MR) is 110 cm³/mol. The van der Waals surface area contributed by atoms with E-state index in [1.807, 2.05) is 6.92 Å². The van der Waals surface area contributed by atoms with Gasteiger partial charge in [-0.3, -0.25) is 14.4 Å². The molecule has 0 saturated heterocycles. The van der Waals surface area contributed by atoms with Gasteiger partial charge in [0.2, 0.25) is 5.91 Å². The van der Waals surface area contributed by atoms with Gasteiger partial charge in [-0.2, -0.15) is 0 Å². The molecule has 0 saturated carbocycles. The van der Waals surface area contributed by atoms with E-state index in [-0.39, 0.29) is 23.4 Å². The van der Waals surface area contributed by atoms with E-state index in [9.17, 15) is 24.6 Å². The van der Waals surface area contributed by atoms with Crippen LogP contribution in [0, 0.1) is 0 Å². The van der Waals surface area contributed by atoms with Crippen LogP contribution in [0.5, 0.6) is 11.5 Å². The van der Waals surface area contributed by atoms with Crippen LogP contribution in [0.25, 0.3) is 0 Å². The fourth-order valence-electron chi connectivity index (χ4n) is 3.48. The van der Waals surface area contributed by atoms with E-state index < -0.39 is 23.5 Å². The normalized spacial score (nSPS) is 12.5. The van der Waals surface area contributed by atoms with Crippen LogP contribution in [-0.2, 0) is 13.1 Å². The lowest BCUT2D eigenvalue weighted by molar-refractivity contribution is 0.0748. The van der Waals surface area contributed by atoms with Gasteiger partial charge in [0.15, 0.2) is 0 Å². The van der Waals surface area contributed by atoms with Crippen LogP contribution in [-0.4, -0.2) is 51.3 Å². The first-order valence-electron chi connectivity index (χ1n) is 9.75. The molecule has 0 radical (unpaired) electrons. The second-order valence-corrected chi connectivity index (χ2v) is 7.48. The highest BCUT2D eigenvalue weighted by Crippen LogP contribution is 2.32. The molecule has 1 aliphatic rings. The minimum Gasteiger partial charge on any atom is -0.507 e. The van der Waals surface area contributed by atoms with Crippen molar-refractivity contribution in [3.8, 4) is 11.5 Å². The van der Waals surface area contributed by atoms with Gasteiger partial charge >= 0.3 is 0 Å². The SMILES string of the molecule is CCCCN(C)C(=O)c1cc(C(=O)N2Cc3ccc(C(N)=O)cc3C2)c(O)cc1O. The number of amides is 3. The van der Waals surface area contributed by atoms with Crippen LogP contribution >= 0.6 is 0 Å². The highest BCUT2D eigenvalue weighted by atomic mass is 16.3. The number of carbonyl (C=O) groups is 3. The van der Waals surface area contributed by atoms with Crippen molar-refractivity contribution in [2.75, 3.05) is 13.6 Å². The Labute approximate surface area is 174 Å². The molecule has 0 aliphatic carbocycles. The van der Waals surface area contributed by atoms with Crippen LogP contribution in [0.3, 0.4) is 0 Å². The molecule has 8 nitrogen and oxygen atoms in total. The van der Waals surface area contributed by atoms with Gasteiger partial charge in [0.05, 0.1) is 11.1 Å². The number of nitrogens with two attached hydrogens (primary N) is 1. The maximum atomic E-state index is 13.1. The molecule has 2 aromatic rings. The van der Waals surface area contributed by atoms with Crippen molar-refractivity contribution in [1.29, 1.82) is 0 Å². The summed E-state index contributed by atoms with van der Waals surface area (Å²) in [5, 5.41) is 20.4. The number of hydrogen-bond donors (Lipinski definition) is 3. The fraction of sp³-hybridized carbons (Fsp3) is 0.318. The summed E-state index contributed by atoms with van der Waals surface area (Å²) < 4.78 is 0. The molecule has 0 atom stereocenters. The zero-order valence-electron chi connectivity index (χ0n) is 17.0. The smallest absolute Gasteiger partial charge is 0.258 e. The second-order valence-electron chi connectivity index (χ2n) is 7.48. The van der Waals surface area contributed by atoms with Gasteiger partial charge in [-0.05, 0) is 35.7 Å². The lowest BCUT2D eigenvalue weighted by Crippen LogP contribution is -2.29. The zero-order valence-corrected chi connectivity index (χ0v) is 17.0. The number of hydrogen-bond acceptors (Lipinski definition) is 5. The minimum atomic E-state index is -0.547. The Morgan fingerprint density at radius 1 is 1.03 bits per heavy atom. The molecule has 1 aliphatic heterocycles. The molecule has 3 amide bonds. The van der Waals surface area contributed by atoms with E-state index in [0.29, 0.717) is 18.7 Å². The van der Waals surface area contributed by atoms with E-state index in [0.717, 1.165) is 30.0 Å². The Balaban J connectivity index is 1.86. The molecular weight excluding hydrogens is 386 g/mol. The summed E-state index contributed by atoms with van der Waals surface area (Å²) in [7, 11) is 1.62. The standard InChI is InChI=1S/C22H25N3O5/c1-3-4-7-24(2)21(29)16-9-17(19(27)10-18(16)26)22(30)25-11-14-6-5-13(20(23)28)8-15(14)12-25/h5-6,8-10,26-27H,3-4,7,11-12H2,1-2H3,(H2,23,28). The molecule has 4 N–H and O–H groups in total. The van der Waals surface area contributed by atoms with E-state index in [1.54, 1.807) is 25.2 Å². The molecular formula is C22H25N3O5. The zero-order chi connectivity index (χ0) is 22.0. The highest BCUT2D eigenvalue weighted by Gasteiger charge is 2.28. The number of benzene rings is 2. The van der Waals surface area contributed by atoms with Crippen LogP contribution < -0.4 is 5.73 Å². The molecule has 158 valence electrons. The van der Waals surface area contributed by atoms with Crippen molar-refractivity contribution < 1.29 is 24.6 Å². The summed E-state index contributed by atoms with van der Waals surface area (Å²) >= 11 is 0. The first-order chi connectivity index (χ1) is 14.2. The van der Waals surface area contributed by atoms with Crippen LogP contribution in [0.15, 0.2) is 30.3 Å². The maximum Gasteiger partial charge on any atom is 0.258 e. The number of nitrogens with zero attached hydrogens (tertiary/aromatic N) is 2. The molecule has 0 bridgehead atoms. The monoisotopic (exact) mass is 411 g/mol. The third kappa shape index (κ3) is 4.07. The number of aromatic hydroxyl groups is 2. The van der Waals surface area contributed by atoms with Gasteiger partial charge in [-0.1, -0.05) is 19.4 Å². The van der Waals surface area contributed by atoms with E-state index in [4.69, 9.17) is 5.73 Å². The van der Waals surface area contributed by atoms with E-state index in [1.165, 1.54) is 15.9 Å². The minimum absolute atomic E-state index is 0.0394. The van der Waals surface area contributed by atoms with Crippen molar-refractivity contribution in [1.82, 2.24) is 9.80 Å². The Kier molecular flexibility index (Phi) is 5.96. The predicted octanol–water partition coefficient (Wildman–Crippen LogP) is 2.22.